The van der Waals surface area contributed by atoms with E-state index >= 15 is 0 Å². The van der Waals surface area contributed by atoms with Gasteiger partial charge in [0, 0.05) is 6.04 Å². The molecule has 2 aliphatic carbocycles. The summed E-state index contributed by atoms with van der Waals surface area (Å²) in [6.07, 6.45) is 5.61. The lowest BCUT2D eigenvalue weighted by Gasteiger charge is -2.42. The molecule has 0 aromatic heterocycles. The molecule has 2 N–H and O–H groups in total. The summed E-state index contributed by atoms with van der Waals surface area (Å²) in [5.74, 6) is 4.57. The van der Waals surface area contributed by atoms with E-state index in [0.29, 0.717) is 10.1 Å². The van der Waals surface area contributed by atoms with Crippen LogP contribution in [0.2, 0.25) is 0 Å². The second-order valence-corrected chi connectivity index (χ2v) is 7.78. The first-order valence-corrected chi connectivity index (χ1v) is 7.31. The van der Waals surface area contributed by atoms with E-state index < -0.39 is 0 Å². The average molecular weight is 215 g/mol. The zero-order valence-electron chi connectivity index (χ0n) is 7.87. The summed E-state index contributed by atoms with van der Waals surface area (Å²) < 4.78 is 0.570. The minimum absolute atomic E-state index is 0.525. The van der Waals surface area contributed by atoms with Crippen molar-refractivity contribution < 1.29 is 0 Å². The smallest absolute Gasteiger partial charge is 0.0656 e. The highest BCUT2D eigenvalue weighted by Crippen LogP contribution is 2.63. The Labute approximate surface area is 88.6 Å². The molecule has 1 saturated heterocycles. The highest BCUT2D eigenvalue weighted by Gasteiger charge is 2.55. The third-order valence-corrected chi connectivity index (χ3v) is 7.44. The van der Waals surface area contributed by atoms with Crippen molar-refractivity contribution >= 4 is 23.5 Å². The van der Waals surface area contributed by atoms with Gasteiger partial charge in [-0.2, -0.15) is 0 Å². The van der Waals surface area contributed by atoms with Crippen LogP contribution in [0.3, 0.4) is 0 Å². The molecule has 0 amide bonds. The summed E-state index contributed by atoms with van der Waals surface area (Å²) in [6, 6.07) is 0.525. The van der Waals surface area contributed by atoms with Crippen molar-refractivity contribution in [1.82, 2.24) is 0 Å². The van der Waals surface area contributed by atoms with E-state index in [-0.39, 0.29) is 0 Å². The monoisotopic (exact) mass is 215 g/mol. The van der Waals surface area contributed by atoms with Crippen molar-refractivity contribution in [3.05, 3.63) is 0 Å². The van der Waals surface area contributed by atoms with Crippen LogP contribution in [0.5, 0.6) is 0 Å². The molecule has 1 heterocycles. The van der Waals surface area contributed by atoms with Gasteiger partial charge in [-0.05, 0) is 49.0 Å². The second kappa shape index (κ2) is 3.07. The molecule has 0 aromatic rings. The number of nitrogens with two attached hydrogens (primary N) is 1. The molecule has 0 aromatic carbocycles. The summed E-state index contributed by atoms with van der Waals surface area (Å²) in [4.78, 5) is 0. The van der Waals surface area contributed by atoms with E-state index in [9.17, 15) is 0 Å². The largest absolute Gasteiger partial charge is 0.327 e. The van der Waals surface area contributed by atoms with Gasteiger partial charge in [-0.1, -0.05) is 0 Å². The van der Waals surface area contributed by atoms with Crippen LogP contribution in [0.15, 0.2) is 0 Å². The molecule has 13 heavy (non-hydrogen) atoms. The first-order valence-electron chi connectivity index (χ1n) is 5.34. The lowest BCUT2D eigenvalue weighted by Crippen LogP contribution is -2.42. The molecule has 2 bridgehead atoms. The molecule has 3 atom stereocenters. The van der Waals surface area contributed by atoms with Gasteiger partial charge in [0.25, 0.3) is 0 Å². The second-order valence-electron chi connectivity index (χ2n) is 4.67. The van der Waals surface area contributed by atoms with Crippen LogP contribution in [-0.4, -0.2) is 21.6 Å². The molecular weight excluding hydrogens is 198 g/mol. The van der Waals surface area contributed by atoms with Crippen molar-refractivity contribution in [2.75, 3.05) is 11.5 Å². The number of rotatable bonds is 0. The van der Waals surface area contributed by atoms with Crippen molar-refractivity contribution in [2.24, 2.45) is 17.6 Å². The van der Waals surface area contributed by atoms with Gasteiger partial charge in [-0.25, -0.2) is 0 Å². The Bertz CT molecular complexity index is 213. The standard InChI is InChI=1S/C10H17NS2/c11-9-5-7-4-8(9)10(6-7)12-2-1-3-13-10/h7-9H,1-6,11H2. The minimum atomic E-state index is 0.525. The molecule has 74 valence electrons. The van der Waals surface area contributed by atoms with Crippen LogP contribution in [0.25, 0.3) is 0 Å². The predicted octanol–water partition coefficient (Wildman–Crippen LogP) is 2.31. The fourth-order valence-corrected chi connectivity index (χ4v) is 7.29. The van der Waals surface area contributed by atoms with Crippen molar-refractivity contribution in [2.45, 2.75) is 35.8 Å². The van der Waals surface area contributed by atoms with E-state index in [1.165, 1.54) is 37.2 Å². The van der Waals surface area contributed by atoms with Crippen molar-refractivity contribution in [3.8, 4) is 0 Å². The van der Waals surface area contributed by atoms with Crippen LogP contribution in [-0.2, 0) is 0 Å². The third kappa shape index (κ3) is 1.27. The summed E-state index contributed by atoms with van der Waals surface area (Å²) in [5, 5.41) is 0. The fourth-order valence-electron chi connectivity index (χ4n) is 3.33. The average Bonchev–Trinajstić information content (AvgIpc) is 2.62. The normalized spacial score (nSPS) is 47.3. The Morgan fingerprint density at radius 1 is 1.15 bits per heavy atom. The molecule has 1 spiro atoms. The van der Waals surface area contributed by atoms with Gasteiger partial charge < -0.3 is 5.73 Å². The highest BCUT2D eigenvalue weighted by atomic mass is 32.2. The van der Waals surface area contributed by atoms with E-state index in [1.54, 1.807) is 0 Å². The number of thioether (sulfide) groups is 2. The number of hydrogen-bond donors (Lipinski definition) is 1. The number of hydrogen-bond acceptors (Lipinski definition) is 3. The Hall–Kier alpha value is 0.660. The fraction of sp³-hybridized carbons (Fsp3) is 1.00. The molecule has 1 aliphatic heterocycles. The summed E-state index contributed by atoms with van der Waals surface area (Å²) >= 11 is 4.45. The maximum atomic E-state index is 6.20. The molecule has 3 fully saturated rings. The zero-order valence-corrected chi connectivity index (χ0v) is 9.50. The Morgan fingerprint density at radius 3 is 2.54 bits per heavy atom. The molecule has 2 saturated carbocycles. The van der Waals surface area contributed by atoms with Crippen molar-refractivity contribution in [3.63, 3.8) is 0 Å². The van der Waals surface area contributed by atoms with E-state index in [4.69, 9.17) is 5.73 Å². The topological polar surface area (TPSA) is 26.0 Å². The number of fused-ring (bicyclic) bond motifs is 3. The molecule has 3 heteroatoms. The highest BCUT2D eigenvalue weighted by molar-refractivity contribution is 8.18. The summed E-state index contributed by atoms with van der Waals surface area (Å²) in [7, 11) is 0. The molecule has 0 radical (unpaired) electrons. The molecule has 3 rings (SSSR count). The van der Waals surface area contributed by atoms with Gasteiger partial charge in [0.05, 0.1) is 4.08 Å². The summed E-state index contributed by atoms with van der Waals surface area (Å²) in [6.45, 7) is 0. The molecule has 3 aliphatic rings. The van der Waals surface area contributed by atoms with Gasteiger partial charge >= 0.3 is 0 Å². The van der Waals surface area contributed by atoms with Crippen LogP contribution < -0.4 is 5.73 Å². The van der Waals surface area contributed by atoms with E-state index in [0.717, 1.165) is 11.8 Å². The van der Waals surface area contributed by atoms with E-state index in [2.05, 4.69) is 23.5 Å². The van der Waals surface area contributed by atoms with Crippen LogP contribution in [0.4, 0.5) is 0 Å². The quantitative estimate of drug-likeness (QED) is 0.671. The Kier molecular flexibility index (Phi) is 2.11. The van der Waals surface area contributed by atoms with Gasteiger partial charge in [0.1, 0.15) is 0 Å². The molecule has 1 nitrogen and oxygen atoms in total. The maximum Gasteiger partial charge on any atom is 0.0656 e. The van der Waals surface area contributed by atoms with Gasteiger partial charge in [-0.3, -0.25) is 0 Å². The minimum Gasteiger partial charge on any atom is -0.327 e. The van der Waals surface area contributed by atoms with Crippen LogP contribution >= 0.6 is 23.5 Å². The van der Waals surface area contributed by atoms with Crippen LogP contribution in [0.1, 0.15) is 25.7 Å². The SMILES string of the molecule is NC1CC2CC1C1(C2)SCCCS1. The van der Waals surface area contributed by atoms with Gasteiger partial charge in [-0.15, -0.1) is 23.5 Å². The van der Waals surface area contributed by atoms with Crippen LogP contribution in [0, 0.1) is 11.8 Å². The lowest BCUT2D eigenvalue weighted by atomic mass is 9.95. The third-order valence-electron chi connectivity index (χ3n) is 3.83. The Morgan fingerprint density at radius 2 is 1.92 bits per heavy atom. The molecular formula is C10H17NS2. The first kappa shape index (κ1) is 8.93. The maximum absolute atomic E-state index is 6.20. The van der Waals surface area contributed by atoms with E-state index in [1.807, 2.05) is 0 Å². The van der Waals surface area contributed by atoms with Gasteiger partial charge in [0.15, 0.2) is 0 Å². The zero-order chi connectivity index (χ0) is 8.89. The predicted molar refractivity (Wildman–Crippen MR) is 61.1 cm³/mol. The first-order chi connectivity index (χ1) is 6.30. The van der Waals surface area contributed by atoms with Gasteiger partial charge in [0.2, 0.25) is 0 Å². The lowest BCUT2D eigenvalue weighted by molar-refractivity contribution is 0.406. The Balaban J connectivity index is 1.83. The molecule has 3 unspecified atom stereocenters. The summed E-state index contributed by atoms with van der Waals surface area (Å²) in [5.41, 5.74) is 6.20. The van der Waals surface area contributed by atoms with Crippen molar-refractivity contribution in [1.29, 1.82) is 0 Å².